The van der Waals surface area contributed by atoms with Crippen LogP contribution in [0.15, 0.2) is 16.8 Å². The topological polar surface area (TPSA) is 36.4 Å². The van der Waals surface area contributed by atoms with E-state index in [1.165, 1.54) is 11.3 Å². The molecule has 2 aromatic rings. The first kappa shape index (κ1) is 19.0. The number of aromatic nitrogens is 1. The Morgan fingerprint density at radius 1 is 1.19 bits per heavy atom. The number of amides is 1. The van der Waals surface area contributed by atoms with Gasteiger partial charge in [-0.15, -0.1) is 22.7 Å². The van der Waals surface area contributed by atoms with Gasteiger partial charge in [-0.3, -0.25) is 9.69 Å². The van der Waals surface area contributed by atoms with Gasteiger partial charge in [0.25, 0.3) is 11.8 Å². The fraction of sp³-hybridized carbons (Fsp3) is 0.579. The van der Waals surface area contributed by atoms with Crippen molar-refractivity contribution in [3.63, 3.8) is 0 Å². The molecule has 0 N–H and O–H groups in total. The normalized spacial score (nSPS) is 25.4. The second-order valence-corrected chi connectivity index (χ2v) is 9.74. The van der Waals surface area contributed by atoms with Crippen molar-refractivity contribution in [2.24, 2.45) is 5.41 Å². The number of rotatable bonds is 3. The molecule has 1 unspecified atom stereocenters. The van der Waals surface area contributed by atoms with E-state index in [4.69, 9.17) is 0 Å². The number of thiophene rings is 1. The minimum Gasteiger partial charge on any atom is -0.337 e. The maximum atomic E-state index is 14.9. The lowest BCUT2D eigenvalue weighted by atomic mass is 9.75. The zero-order valence-corrected chi connectivity index (χ0v) is 17.1. The molecule has 2 aliphatic rings. The van der Waals surface area contributed by atoms with E-state index in [9.17, 15) is 13.6 Å². The Morgan fingerprint density at radius 2 is 2.00 bits per heavy atom. The summed E-state index contributed by atoms with van der Waals surface area (Å²) < 4.78 is 29.9. The quantitative estimate of drug-likeness (QED) is 0.760. The minimum atomic E-state index is -2.75. The summed E-state index contributed by atoms with van der Waals surface area (Å²) in [6, 6.07) is 1.85. The van der Waals surface area contributed by atoms with Gasteiger partial charge in [0, 0.05) is 38.0 Å². The summed E-state index contributed by atoms with van der Waals surface area (Å²) in [5.41, 5.74) is 0.819. The van der Waals surface area contributed by atoms with Crippen LogP contribution in [0.4, 0.5) is 8.78 Å². The molecule has 0 bridgehead atoms. The fourth-order valence-corrected chi connectivity index (χ4v) is 5.67. The van der Waals surface area contributed by atoms with Gasteiger partial charge in [0.05, 0.1) is 21.0 Å². The van der Waals surface area contributed by atoms with Crippen molar-refractivity contribution in [3.05, 3.63) is 38.0 Å². The number of hydrogen-bond acceptors (Lipinski definition) is 5. The predicted molar refractivity (Wildman–Crippen MR) is 104 cm³/mol. The third-order valence-electron chi connectivity index (χ3n) is 5.68. The summed E-state index contributed by atoms with van der Waals surface area (Å²) >= 11 is 2.97. The van der Waals surface area contributed by atoms with Crippen LogP contribution in [0.1, 0.15) is 38.8 Å². The number of nitrogens with zero attached hydrogens (tertiary/aromatic N) is 3. The number of halogens is 2. The van der Waals surface area contributed by atoms with Crippen LogP contribution in [-0.2, 0) is 6.54 Å². The Kier molecular flexibility index (Phi) is 4.84. The highest BCUT2D eigenvalue weighted by Crippen LogP contribution is 2.50. The van der Waals surface area contributed by atoms with E-state index in [-0.39, 0.29) is 25.4 Å². The Bertz CT molecular complexity index is 850. The summed E-state index contributed by atoms with van der Waals surface area (Å²) in [5, 5.41) is 4.91. The average Bonchev–Trinajstić information content (AvgIpc) is 3.32. The molecule has 0 radical (unpaired) electrons. The first-order chi connectivity index (χ1) is 12.8. The second kappa shape index (κ2) is 6.90. The molecule has 2 aromatic heterocycles. The van der Waals surface area contributed by atoms with E-state index < -0.39 is 11.3 Å². The van der Waals surface area contributed by atoms with Gasteiger partial charge in [0.15, 0.2) is 0 Å². The molecule has 8 heteroatoms. The summed E-state index contributed by atoms with van der Waals surface area (Å²) in [5.74, 6) is -2.86. The summed E-state index contributed by atoms with van der Waals surface area (Å²) in [6.07, 6.45) is 0.156. The molecule has 4 nitrogen and oxygen atoms in total. The average molecular weight is 412 g/mol. The van der Waals surface area contributed by atoms with Crippen molar-refractivity contribution < 1.29 is 13.6 Å². The highest BCUT2D eigenvalue weighted by atomic mass is 32.1. The van der Waals surface area contributed by atoms with Crippen molar-refractivity contribution in [3.8, 4) is 0 Å². The maximum Gasteiger partial charge on any atom is 0.263 e. The van der Waals surface area contributed by atoms with Gasteiger partial charge in [-0.1, -0.05) is 0 Å². The van der Waals surface area contributed by atoms with Crippen LogP contribution in [-0.4, -0.2) is 52.8 Å². The van der Waals surface area contributed by atoms with Crippen LogP contribution in [0.3, 0.4) is 0 Å². The van der Waals surface area contributed by atoms with E-state index in [1.807, 2.05) is 30.7 Å². The van der Waals surface area contributed by atoms with Gasteiger partial charge < -0.3 is 4.90 Å². The van der Waals surface area contributed by atoms with Crippen LogP contribution in [0.2, 0.25) is 0 Å². The molecule has 0 aliphatic carbocycles. The number of piperidine rings is 1. The first-order valence-electron chi connectivity index (χ1n) is 9.14. The fourth-order valence-electron chi connectivity index (χ4n) is 4.20. The van der Waals surface area contributed by atoms with E-state index in [0.717, 1.165) is 16.3 Å². The van der Waals surface area contributed by atoms with Gasteiger partial charge in [0.2, 0.25) is 0 Å². The molecule has 27 heavy (non-hydrogen) atoms. The molecule has 4 heterocycles. The SMILES string of the molecule is Cc1csc(C(=O)N2CCC(F)(F)C3(CCN(Cc4csc(C)n4)C3)C2)c1. The third kappa shape index (κ3) is 3.54. The summed E-state index contributed by atoms with van der Waals surface area (Å²) in [4.78, 5) is 21.6. The molecule has 2 saturated heterocycles. The molecule has 1 atom stereocenters. The lowest BCUT2D eigenvalue weighted by molar-refractivity contribution is -0.154. The van der Waals surface area contributed by atoms with Gasteiger partial charge in [0.1, 0.15) is 0 Å². The Balaban J connectivity index is 1.50. The van der Waals surface area contributed by atoms with Crippen molar-refractivity contribution in [1.82, 2.24) is 14.8 Å². The highest BCUT2D eigenvalue weighted by Gasteiger charge is 2.59. The number of hydrogen-bond donors (Lipinski definition) is 0. The Hall–Kier alpha value is -1.38. The largest absolute Gasteiger partial charge is 0.337 e. The number of likely N-dealkylation sites (tertiary alicyclic amines) is 2. The Labute approximate surface area is 165 Å². The lowest BCUT2D eigenvalue weighted by Crippen LogP contribution is -2.58. The number of aryl methyl sites for hydroxylation is 2. The number of carbonyl (C=O) groups excluding carboxylic acids is 1. The monoisotopic (exact) mass is 411 g/mol. The van der Waals surface area contributed by atoms with Crippen molar-refractivity contribution in [2.75, 3.05) is 26.2 Å². The third-order valence-corrected chi connectivity index (χ3v) is 7.54. The van der Waals surface area contributed by atoms with E-state index in [0.29, 0.717) is 30.9 Å². The van der Waals surface area contributed by atoms with Gasteiger partial charge >= 0.3 is 0 Å². The second-order valence-electron chi connectivity index (χ2n) is 7.77. The minimum absolute atomic E-state index is 0.114. The lowest BCUT2D eigenvalue weighted by Gasteiger charge is -2.46. The number of thiazole rings is 1. The molecule has 2 fully saturated rings. The van der Waals surface area contributed by atoms with Crippen molar-refractivity contribution in [1.29, 1.82) is 0 Å². The molecular formula is C19H23F2N3OS2. The van der Waals surface area contributed by atoms with Crippen LogP contribution < -0.4 is 0 Å². The zero-order valence-electron chi connectivity index (χ0n) is 15.5. The number of alkyl halides is 2. The molecule has 1 amide bonds. The van der Waals surface area contributed by atoms with Crippen LogP contribution in [0, 0.1) is 19.3 Å². The smallest absolute Gasteiger partial charge is 0.263 e. The Morgan fingerprint density at radius 3 is 2.67 bits per heavy atom. The van der Waals surface area contributed by atoms with Crippen LogP contribution >= 0.6 is 22.7 Å². The molecular weight excluding hydrogens is 388 g/mol. The predicted octanol–water partition coefficient (Wildman–Crippen LogP) is 4.19. The molecule has 0 saturated carbocycles. The van der Waals surface area contributed by atoms with E-state index in [1.54, 1.807) is 16.2 Å². The highest BCUT2D eigenvalue weighted by molar-refractivity contribution is 7.12. The molecule has 0 aromatic carbocycles. The van der Waals surface area contributed by atoms with Gasteiger partial charge in [-0.05, 0) is 43.8 Å². The summed E-state index contributed by atoms with van der Waals surface area (Å²) in [7, 11) is 0. The first-order valence-corrected chi connectivity index (χ1v) is 10.9. The maximum absolute atomic E-state index is 14.9. The zero-order chi connectivity index (χ0) is 19.2. The van der Waals surface area contributed by atoms with Gasteiger partial charge in [-0.25, -0.2) is 13.8 Å². The van der Waals surface area contributed by atoms with Gasteiger partial charge in [-0.2, -0.15) is 0 Å². The van der Waals surface area contributed by atoms with Crippen molar-refractivity contribution in [2.45, 2.75) is 39.2 Å². The molecule has 146 valence electrons. The summed E-state index contributed by atoms with van der Waals surface area (Å²) in [6.45, 7) is 5.66. The van der Waals surface area contributed by atoms with Crippen molar-refractivity contribution >= 4 is 28.6 Å². The van der Waals surface area contributed by atoms with Crippen LogP contribution in [0.5, 0.6) is 0 Å². The number of carbonyl (C=O) groups is 1. The molecule has 2 aliphatic heterocycles. The molecule has 4 rings (SSSR count). The van der Waals surface area contributed by atoms with Crippen LogP contribution in [0.25, 0.3) is 0 Å². The standard InChI is InChI=1S/C19H23F2N3OS2/c1-13-7-16(27-9-13)17(25)24-6-4-19(20,21)18(12-24)3-5-23(11-18)8-15-10-26-14(2)22-15/h7,9-10H,3-6,8,11-12H2,1-2H3. The molecule has 1 spiro atoms. The van der Waals surface area contributed by atoms with E-state index in [2.05, 4.69) is 9.88 Å². The van der Waals surface area contributed by atoms with E-state index >= 15 is 0 Å².